The van der Waals surface area contributed by atoms with Crippen molar-refractivity contribution in [2.45, 2.75) is 32.2 Å². The quantitative estimate of drug-likeness (QED) is 0.646. The molecule has 0 radical (unpaired) electrons. The second-order valence-corrected chi connectivity index (χ2v) is 9.81. The highest BCUT2D eigenvalue weighted by atomic mass is 19.1. The highest BCUT2D eigenvalue weighted by Crippen LogP contribution is 2.35. The Kier molecular flexibility index (Phi) is 6.47. The zero-order chi connectivity index (χ0) is 25.4. The van der Waals surface area contributed by atoms with E-state index in [4.69, 9.17) is 5.73 Å². The van der Waals surface area contributed by atoms with Crippen molar-refractivity contribution in [3.05, 3.63) is 65.0 Å². The summed E-state index contributed by atoms with van der Waals surface area (Å²) in [5.41, 5.74) is 7.40. The van der Waals surface area contributed by atoms with Crippen LogP contribution in [0, 0.1) is 17.7 Å². The van der Waals surface area contributed by atoms with Crippen LogP contribution in [-0.2, 0) is 16.1 Å². The summed E-state index contributed by atoms with van der Waals surface area (Å²) in [6, 6.07) is 11.1. The van der Waals surface area contributed by atoms with E-state index in [1.54, 1.807) is 29.2 Å². The summed E-state index contributed by atoms with van der Waals surface area (Å²) in [6.07, 6.45) is 2.74. The molecular weight excluding hydrogens is 463 g/mol. The van der Waals surface area contributed by atoms with E-state index < -0.39 is 5.82 Å². The van der Waals surface area contributed by atoms with Crippen LogP contribution in [-0.4, -0.2) is 59.6 Å². The lowest BCUT2D eigenvalue weighted by Gasteiger charge is -2.38. The maximum atomic E-state index is 13.6. The number of anilines is 1. The minimum Gasteiger partial charge on any atom is -0.371 e. The van der Waals surface area contributed by atoms with Crippen LogP contribution in [0.5, 0.6) is 0 Å². The molecule has 4 amide bonds. The van der Waals surface area contributed by atoms with Gasteiger partial charge in [0.25, 0.3) is 11.8 Å². The zero-order valence-electron chi connectivity index (χ0n) is 20.0. The van der Waals surface area contributed by atoms with Crippen LogP contribution in [0.1, 0.15) is 52.0 Å². The van der Waals surface area contributed by atoms with Gasteiger partial charge in [0.15, 0.2) is 0 Å². The third-order valence-corrected chi connectivity index (χ3v) is 7.53. The smallest absolute Gasteiger partial charge is 0.263 e. The first-order valence-electron chi connectivity index (χ1n) is 12.4. The number of amides is 4. The highest BCUT2D eigenvalue weighted by Gasteiger charge is 2.39. The van der Waals surface area contributed by atoms with Gasteiger partial charge in [-0.05, 0) is 55.5 Å². The first-order chi connectivity index (χ1) is 17.3. The van der Waals surface area contributed by atoms with E-state index in [9.17, 15) is 23.6 Å². The number of nitrogens with two attached hydrogens (primary N) is 1. The van der Waals surface area contributed by atoms with Gasteiger partial charge in [-0.3, -0.25) is 24.1 Å². The Hall–Kier alpha value is -3.75. The summed E-state index contributed by atoms with van der Waals surface area (Å²) in [5, 5.41) is 0. The molecule has 0 saturated carbocycles. The lowest BCUT2D eigenvalue weighted by molar-refractivity contribution is -0.139. The molecule has 3 aliphatic rings. The van der Waals surface area contributed by atoms with E-state index in [0.717, 1.165) is 17.7 Å². The number of hydrogen-bond donors (Lipinski definition) is 1. The molecule has 2 saturated heterocycles. The van der Waals surface area contributed by atoms with Gasteiger partial charge in [0.05, 0.1) is 29.3 Å². The van der Waals surface area contributed by atoms with Gasteiger partial charge < -0.3 is 15.5 Å². The lowest BCUT2D eigenvalue weighted by Crippen LogP contribution is -2.48. The molecule has 1 atom stereocenters. The van der Waals surface area contributed by atoms with Gasteiger partial charge in [-0.2, -0.15) is 0 Å². The predicted molar refractivity (Wildman–Crippen MR) is 130 cm³/mol. The number of hydrogen-bond acceptors (Lipinski definition) is 5. The van der Waals surface area contributed by atoms with Gasteiger partial charge >= 0.3 is 0 Å². The van der Waals surface area contributed by atoms with Crippen molar-refractivity contribution in [3.63, 3.8) is 0 Å². The minimum absolute atomic E-state index is 0.00224. The Labute approximate surface area is 208 Å². The number of benzene rings is 2. The molecule has 0 bridgehead atoms. The molecule has 2 aromatic rings. The number of carbonyl (C=O) groups is 4. The van der Waals surface area contributed by atoms with E-state index >= 15 is 0 Å². The van der Waals surface area contributed by atoms with Crippen molar-refractivity contribution in [1.29, 1.82) is 0 Å². The molecule has 0 spiro atoms. The van der Waals surface area contributed by atoms with Crippen LogP contribution in [0.3, 0.4) is 0 Å². The number of nitrogens with zero attached hydrogens (tertiary/aromatic N) is 3. The summed E-state index contributed by atoms with van der Waals surface area (Å²) in [5.74, 6) is -1.92. The lowest BCUT2D eigenvalue weighted by atomic mass is 9.91. The maximum absolute atomic E-state index is 13.6. The normalized spacial score (nSPS) is 20.6. The molecule has 36 heavy (non-hydrogen) atoms. The van der Waals surface area contributed by atoms with Crippen LogP contribution in [0.4, 0.5) is 10.1 Å². The average molecular weight is 493 g/mol. The van der Waals surface area contributed by atoms with Crippen molar-refractivity contribution in [3.8, 4) is 0 Å². The second-order valence-electron chi connectivity index (χ2n) is 9.81. The molecule has 3 aliphatic heterocycles. The minimum atomic E-state index is -0.420. The summed E-state index contributed by atoms with van der Waals surface area (Å²) >= 11 is 0. The summed E-state index contributed by atoms with van der Waals surface area (Å²) < 4.78 is 13.6. The Balaban J connectivity index is 1.28. The van der Waals surface area contributed by atoms with Gasteiger partial charge in [-0.25, -0.2) is 4.39 Å². The highest BCUT2D eigenvalue weighted by molar-refractivity contribution is 6.23. The first kappa shape index (κ1) is 24.0. The number of fused-ring (bicyclic) bond motifs is 1. The van der Waals surface area contributed by atoms with Crippen LogP contribution in [0.25, 0.3) is 0 Å². The Morgan fingerprint density at radius 3 is 2.42 bits per heavy atom. The number of rotatable bonds is 5. The van der Waals surface area contributed by atoms with Crippen molar-refractivity contribution in [1.82, 2.24) is 9.80 Å². The van der Waals surface area contributed by atoms with Crippen LogP contribution in [0.15, 0.2) is 42.5 Å². The molecule has 2 fully saturated rings. The SMILES string of the molecule is NC(=O)[C@@H]1CCCN(C(=O)C2CCN(c3cccc4c3C(=O)N(Cc3cccc(F)c3)C4=O)CC2)C1. The number of likely N-dealkylation sites (tertiary alicyclic amines) is 1. The number of halogens is 1. The van der Waals surface area contributed by atoms with Crippen LogP contribution in [0.2, 0.25) is 0 Å². The molecule has 8 nitrogen and oxygen atoms in total. The van der Waals surface area contributed by atoms with Crippen molar-refractivity contribution >= 4 is 29.3 Å². The topological polar surface area (TPSA) is 104 Å². The zero-order valence-corrected chi connectivity index (χ0v) is 20.0. The van der Waals surface area contributed by atoms with Gasteiger partial charge in [0, 0.05) is 32.1 Å². The van der Waals surface area contributed by atoms with Gasteiger partial charge in [-0.15, -0.1) is 0 Å². The van der Waals surface area contributed by atoms with E-state index in [-0.39, 0.29) is 42.0 Å². The first-order valence-corrected chi connectivity index (χ1v) is 12.4. The summed E-state index contributed by atoms with van der Waals surface area (Å²) in [6.45, 7) is 2.18. The third-order valence-electron chi connectivity index (χ3n) is 7.53. The maximum Gasteiger partial charge on any atom is 0.263 e. The molecule has 0 aliphatic carbocycles. The Morgan fingerprint density at radius 2 is 1.69 bits per heavy atom. The van der Waals surface area contributed by atoms with Gasteiger partial charge in [-0.1, -0.05) is 18.2 Å². The van der Waals surface area contributed by atoms with Crippen molar-refractivity contribution < 1.29 is 23.6 Å². The molecule has 3 heterocycles. The number of piperidine rings is 2. The molecule has 5 rings (SSSR count). The van der Waals surface area contributed by atoms with E-state index in [0.29, 0.717) is 61.4 Å². The molecular formula is C27H29FN4O4. The predicted octanol–water partition coefficient (Wildman–Crippen LogP) is 2.56. The van der Waals surface area contributed by atoms with Crippen LogP contribution < -0.4 is 10.6 Å². The summed E-state index contributed by atoms with van der Waals surface area (Å²) in [4.78, 5) is 56.0. The van der Waals surface area contributed by atoms with Crippen molar-refractivity contribution in [2.24, 2.45) is 17.6 Å². The van der Waals surface area contributed by atoms with E-state index in [1.165, 1.54) is 12.1 Å². The standard InChI is InChI=1S/C27H29FN4O4/c28-20-6-1-4-17(14-20)15-32-26(35)21-7-2-8-22(23(21)27(32)36)30-12-9-18(10-13-30)25(34)31-11-3-5-19(16-31)24(29)33/h1-2,4,6-8,14,18-19H,3,5,9-13,15-16H2,(H2,29,33)/t19-/m1/s1. The molecule has 2 aromatic carbocycles. The number of primary amides is 1. The Bertz CT molecular complexity index is 1220. The van der Waals surface area contributed by atoms with Gasteiger partial charge in [0.1, 0.15) is 5.82 Å². The molecule has 188 valence electrons. The fourth-order valence-electron chi connectivity index (χ4n) is 5.58. The monoisotopic (exact) mass is 492 g/mol. The fourth-order valence-corrected chi connectivity index (χ4v) is 5.58. The van der Waals surface area contributed by atoms with Crippen molar-refractivity contribution in [2.75, 3.05) is 31.1 Å². The van der Waals surface area contributed by atoms with E-state index in [2.05, 4.69) is 4.90 Å². The molecule has 9 heteroatoms. The van der Waals surface area contributed by atoms with Gasteiger partial charge in [0.2, 0.25) is 11.8 Å². The van der Waals surface area contributed by atoms with Crippen LogP contribution >= 0.6 is 0 Å². The molecule has 0 unspecified atom stereocenters. The second kappa shape index (κ2) is 9.72. The fraction of sp³-hybridized carbons (Fsp3) is 0.407. The third kappa shape index (κ3) is 4.45. The summed E-state index contributed by atoms with van der Waals surface area (Å²) in [7, 11) is 0. The van der Waals surface area contributed by atoms with E-state index in [1.807, 2.05) is 6.07 Å². The largest absolute Gasteiger partial charge is 0.371 e. The molecule has 2 N–H and O–H groups in total. The Morgan fingerprint density at radius 1 is 0.944 bits per heavy atom. The average Bonchev–Trinajstić information content (AvgIpc) is 3.13. The number of imide groups is 1. The number of carbonyl (C=O) groups excluding carboxylic acids is 4. The molecule has 0 aromatic heterocycles.